The Hall–Kier alpha value is -1.82. The van der Waals surface area contributed by atoms with E-state index in [2.05, 4.69) is 51.4 Å². The summed E-state index contributed by atoms with van der Waals surface area (Å²) in [4.78, 5) is 4.61. The molecule has 0 bridgehead atoms. The van der Waals surface area contributed by atoms with Crippen molar-refractivity contribution in [2.24, 2.45) is 12.0 Å². The molecule has 5 nitrogen and oxygen atoms in total. The van der Waals surface area contributed by atoms with Crippen molar-refractivity contribution in [3.8, 4) is 0 Å². The van der Waals surface area contributed by atoms with Crippen LogP contribution in [-0.4, -0.2) is 22.3 Å². The Labute approximate surface area is 130 Å². The van der Waals surface area contributed by atoms with Crippen LogP contribution < -0.4 is 10.6 Å². The number of thiophene rings is 1. The molecule has 2 aromatic heterocycles. The second-order valence-electron chi connectivity index (χ2n) is 4.95. The Morgan fingerprint density at radius 2 is 2.19 bits per heavy atom. The lowest BCUT2D eigenvalue weighted by Crippen LogP contribution is -2.37. The fraction of sp³-hybridized carbons (Fsp3) is 0.467. The maximum Gasteiger partial charge on any atom is 0.191 e. The standard InChI is InChI=1S/C15H23N5S/c1-5-16-15(17-8-13-6-7-21-10-13)18-9-14-11(2)19-20(4)12(14)3/h6-7,10H,5,8-9H2,1-4H3,(H2,16,17,18). The van der Waals surface area contributed by atoms with Crippen LogP contribution in [0.1, 0.15) is 29.4 Å². The second kappa shape index (κ2) is 7.26. The molecule has 0 saturated carbocycles. The third-order valence-corrected chi connectivity index (χ3v) is 4.17. The van der Waals surface area contributed by atoms with Gasteiger partial charge in [0.2, 0.25) is 0 Å². The smallest absolute Gasteiger partial charge is 0.191 e. The van der Waals surface area contributed by atoms with Gasteiger partial charge in [-0.2, -0.15) is 16.4 Å². The third-order valence-electron chi connectivity index (χ3n) is 3.44. The van der Waals surface area contributed by atoms with Crippen LogP contribution in [0.4, 0.5) is 0 Å². The molecule has 2 heterocycles. The molecule has 21 heavy (non-hydrogen) atoms. The molecule has 0 atom stereocenters. The summed E-state index contributed by atoms with van der Waals surface area (Å²) < 4.78 is 1.92. The number of nitrogens with one attached hydrogen (secondary N) is 2. The van der Waals surface area contributed by atoms with Crippen LogP contribution in [0.3, 0.4) is 0 Å². The Bertz CT molecular complexity index is 598. The molecule has 0 aliphatic heterocycles. The summed E-state index contributed by atoms with van der Waals surface area (Å²) in [6.45, 7) is 8.49. The van der Waals surface area contributed by atoms with Gasteiger partial charge in [0.25, 0.3) is 0 Å². The summed E-state index contributed by atoms with van der Waals surface area (Å²) in [6.07, 6.45) is 0. The number of aryl methyl sites for hydroxylation is 2. The van der Waals surface area contributed by atoms with E-state index in [0.29, 0.717) is 6.54 Å². The summed E-state index contributed by atoms with van der Waals surface area (Å²) >= 11 is 1.70. The van der Waals surface area contributed by atoms with Crippen LogP contribution in [0, 0.1) is 13.8 Å². The van der Waals surface area contributed by atoms with Crippen LogP contribution in [0.2, 0.25) is 0 Å². The topological polar surface area (TPSA) is 54.2 Å². The molecule has 0 aromatic carbocycles. The van der Waals surface area contributed by atoms with Crippen molar-refractivity contribution in [3.05, 3.63) is 39.3 Å². The minimum Gasteiger partial charge on any atom is -0.357 e. The van der Waals surface area contributed by atoms with Crippen molar-refractivity contribution in [1.82, 2.24) is 20.4 Å². The average molecular weight is 305 g/mol. The number of rotatable bonds is 5. The maximum absolute atomic E-state index is 4.61. The molecule has 2 N–H and O–H groups in total. The zero-order valence-corrected chi connectivity index (χ0v) is 13.9. The molecule has 0 fully saturated rings. The zero-order valence-electron chi connectivity index (χ0n) is 13.1. The fourth-order valence-electron chi connectivity index (χ4n) is 2.14. The number of aliphatic imine (C=N–C) groups is 1. The van der Waals surface area contributed by atoms with Crippen molar-refractivity contribution in [1.29, 1.82) is 0 Å². The third kappa shape index (κ3) is 4.07. The van der Waals surface area contributed by atoms with Crippen molar-refractivity contribution < 1.29 is 0 Å². The first-order chi connectivity index (χ1) is 10.1. The highest BCUT2D eigenvalue weighted by molar-refractivity contribution is 7.07. The molecule has 0 aliphatic rings. The van der Waals surface area contributed by atoms with Gasteiger partial charge in [-0.3, -0.25) is 4.68 Å². The molecule has 0 unspecified atom stereocenters. The number of guanidine groups is 1. The molecule has 0 amide bonds. The van der Waals surface area contributed by atoms with Gasteiger partial charge in [0.15, 0.2) is 5.96 Å². The van der Waals surface area contributed by atoms with Gasteiger partial charge in [-0.25, -0.2) is 4.99 Å². The van der Waals surface area contributed by atoms with Crippen LogP contribution in [0.15, 0.2) is 21.8 Å². The van der Waals surface area contributed by atoms with Gasteiger partial charge in [0.05, 0.1) is 12.2 Å². The van der Waals surface area contributed by atoms with Crippen LogP contribution in [-0.2, 0) is 20.1 Å². The molecule has 0 radical (unpaired) electrons. The summed E-state index contributed by atoms with van der Waals surface area (Å²) in [7, 11) is 1.97. The van der Waals surface area contributed by atoms with E-state index in [1.54, 1.807) is 11.3 Å². The Kier molecular flexibility index (Phi) is 5.38. The molecule has 0 spiro atoms. The van der Waals surface area contributed by atoms with E-state index in [0.717, 1.165) is 24.7 Å². The molecule has 114 valence electrons. The Morgan fingerprint density at radius 1 is 1.38 bits per heavy atom. The minimum absolute atomic E-state index is 0.698. The fourth-order valence-corrected chi connectivity index (χ4v) is 2.80. The predicted molar refractivity (Wildman–Crippen MR) is 88.7 cm³/mol. The van der Waals surface area contributed by atoms with Crippen LogP contribution in [0.5, 0.6) is 0 Å². The maximum atomic E-state index is 4.61. The van der Waals surface area contributed by atoms with Gasteiger partial charge in [0, 0.05) is 31.4 Å². The van der Waals surface area contributed by atoms with Crippen LogP contribution >= 0.6 is 11.3 Å². The summed E-state index contributed by atoms with van der Waals surface area (Å²) in [5.74, 6) is 0.839. The molecule has 2 aromatic rings. The van der Waals surface area contributed by atoms with Gasteiger partial charge in [-0.05, 0) is 43.2 Å². The number of nitrogens with zero attached hydrogens (tertiary/aromatic N) is 3. The molecule has 2 rings (SSSR count). The lowest BCUT2D eigenvalue weighted by molar-refractivity contribution is 0.728. The van der Waals surface area contributed by atoms with Gasteiger partial charge in [0.1, 0.15) is 0 Å². The Balaban J connectivity index is 2.01. The average Bonchev–Trinajstić information content (AvgIpc) is 3.04. The Morgan fingerprint density at radius 3 is 2.76 bits per heavy atom. The SMILES string of the molecule is CCNC(=NCc1ccsc1)NCc1c(C)nn(C)c1C. The monoisotopic (exact) mass is 305 g/mol. The second-order valence-corrected chi connectivity index (χ2v) is 5.73. The number of hydrogen-bond acceptors (Lipinski definition) is 3. The first kappa shape index (κ1) is 15.6. The van der Waals surface area contributed by atoms with E-state index >= 15 is 0 Å². The molecule has 0 aliphatic carbocycles. The van der Waals surface area contributed by atoms with E-state index in [-0.39, 0.29) is 0 Å². The van der Waals surface area contributed by atoms with E-state index in [1.807, 2.05) is 18.7 Å². The van der Waals surface area contributed by atoms with Crippen LogP contribution in [0.25, 0.3) is 0 Å². The predicted octanol–water partition coefficient (Wildman–Crippen LogP) is 2.35. The largest absolute Gasteiger partial charge is 0.357 e. The number of aromatic nitrogens is 2. The van der Waals surface area contributed by atoms with Gasteiger partial charge in [-0.1, -0.05) is 0 Å². The first-order valence-corrected chi connectivity index (χ1v) is 8.08. The molecule has 6 heteroatoms. The van der Waals surface area contributed by atoms with E-state index in [4.69, 9.17) is 0 Å². The highest BCUT2D eigenvalue weighted by Gasteiger charge is 2.09. The van der Waals surface area contributed by atoms with E-state index < -0.39 is 0 Å². The molecule has 0 saturated heterocycles. The summed E-state index contributed by atoms with van der Waals surface area (Å²) in [5, 5.41) is 15.3. The number of hydrogen-bond donors (Lipinski definition) is 2. The first-order valence-electron chi connectivity index (χ1n) is 7.14. The lowest BCUT2D eigenvalue weighted by Gasteiger charge is -2.11. The minimum atomic E-state index is 0.698. The van der Waals surface area contributed by atoms with E-state index in [9.17, 15) is 0 Å². The zero-order chi connectivity index (χ0) is 15.2. The highest BCUT2D eigenvalue weighted by atomic mass is 32.1. The van der Waals surface area contributed by atoms with E-state index in [1.165, 1.54) is 16.8 Å². The van der Waals surface area contributed by atoms with Gasteiger partial charge >= 0.3 is 0 Å². The quantitative estimate of drug-likeness (QED) is 0.658. The van der Waals surface area contributed by atoms with Gasteiger partial charge < -0.3 is 10.6 Å². The molecular weight excluding hydrogens is 282 g/mol. The van der Waals surface area contributed by atoms with Crippen molar-refractivity contribution in [2.45, 2.75) is 33.9 Å². The lowest BCUT2D eigenvalue weighted by atomic mass is 10.2. The van der Waals surface area contributed by atoms with Gasteiger partial charge in [-0.15, -0.1) is 0 Å². The summed E-state index contributed by atoms with van der Waals surface area (Å²) in [6, 6.07) is 2.10. The molecular formula is C15H23N5S. The van der Waals surface area contributed by atoms with Crippen molar-refractivity contribution in [3.63, 3.8) is 0 Å². The van der Waals surface area contributed by atoms with Crippen molar-refractivity contribution in [2.75, 3.05) is 6.54 Å². The normalized spacial score (nSPS) is 11.7. The van der Waals surface area contributed by atoms with Crippen molar-refractivity contribution >= 4 is 17.3 Å². The summed E-state index contributed by atoms with van der Waals surface area (Å²) in [5.41, 5.74) is 4.73. The highest BCUT2D eigenvalue weighted by Crippen LogP contribution is 2.11.